The summed E-state index contributed by atoms with van der Waals surface area (Å²) < 4.78 is 1.81. The van der Waals surface area contributed by atoms with Crippen molar-refractivity contribution in [3.63, 3.8) is 0 Å². The average Bonchev–Trinajstić information content (AvgIpc) is 2.87. The summed E-state index contributed by atoms with van der Waals surface area (Å²) in [4.78, 5) is 4.47. The fourth-order valence-corrected chi connectivity index (χ4v) is 2.31. The van der Waals surface area contributed by atoms with Crippen LogP contribution in [0.5, 0.6) is 0 Å². The lowest BCUT2D eigenvalue weighted by Crippen LogP contribution is -2.03. The number of hydrogen-bond acceptors (Lipinski definition) is 3. The Balaban J connectivity index is 1.79. The molecule has 0 unspecified atom stereocenters. The van der Waals surface area contributed by atoms with Crippen LogP contribution < -0.4 is 5.32 Å². The van der Waals surface area contributed by atoms with E-state index in [1.807, 2.05) is 29.8 Å². The molecule has 0 radical (unpaired) electrons. The molecule has 4 nitrogen and oxygen atoms in total. The zero-order chi connectivity index (χ0) is 13.9. The molecule has 0 aliphatic heterocycles. The predicted molar refractivity (Wildman–Crippen MR) is 80.9 cm³/mol. The Morgan fingerprint density at radius 2 is 1.90 bits per heavy atom. The van der Waals surface area contributed by atoms with Gasteiger partial charge in [-0.25, -0.2) is 4.52 Å². The van der Waals surface area contributed by atoms with Crippen molar-refractivity contribution in [1.29, 1.82) is 0 Å². The van der Waals surface area contributed by atoms with E-state index in [4.69, 9.17) is 0 Å². The molecule has 3 aromatic rings. The Morgan fingerprint density at radius 3 is 2.70 bits per heavy atom. The number of anilines is 1. The highest BCUT2D eigenvalue weighted by Crippen LogP contribution is 2.12. The molecule has 0 saturated carbocycles. The van der Waals surface area contributed by atoms with E-state index < -0.39 is 0 Å². The van der Waals surface area contributed by atoms with Gasteiger partial charge in [-0.05, 0) is 36.1 Å². The van der Waals surface area contributed by atoms with E-state index in [2.05, 4.69) is 46.6 Å². The van der Waals surface area contributed by atoms with Crippen LogP contribution in [0.3, 0.4) is 0 Å². The van der Waals surface area contributed by atoms with Crippen LogP contribution in [0.15, 0.2) is 42.6 Å². The van der Waals surface area contributed by atoms with Crippen molar-refractivity contribution in [2.45, 2.75) is 26.8 Å². The second-order valence-corrected chi connectivity index (χ2v) is 4.92. The molecule has 0 atom stereocenters. The van der Waals surface area contributed by atoms with Gasteiger partial charge in [0.05, 0.1) is 0 Å². The molecule has 0 bridgehead atoms. The fraction of sp³-hybridized carbons (Fsp3) is 0.250. The minimum absolute atomic E-state index is 0.668. The van der Waals surface area contributed by atoms with Crippen molar-refractivity contribution in [3.8, 4) is 0 Å². The quantitative estimate of drug-likeness (QED) is 0.788. The van der Waals surface area contributed by atoms with E-state index in [1.54, 1.807) is 0 Å². The lowest BCUT2D eigenvalue weighted by atomic mass is 10.1. The van der Waals surface area contributed by atoms with Gasteiger partial charge in [0.25, 0.3) is 0 Å². The summed E-state index contributed by atoms with van der Waals surface area (Å²) in [6.07, 6.45) is 3.02. The maximum Gasteiger partial charge on any atom is 0.243 e. The first kappa shape index (κ1) is 12.7. The molecule has 0 aliphatic rings. The Morgan fingerprint density at radius 1 is 1.10 bits per heavy atom. The number of nitrogens with one attached hydrogen (secondary N) is 1. The van der Waals surface area contributed by atoms with Crippen molar-refractivity contribution in [2.24, 2.45) is 0 Å². The van der Waals surface area contributed by atoms with Crippen molar-refractivity contribution >= 4 is 11.6 Å². The van der Waals surface area contributed by atoms with Gasteiger partial charge in [0.15, 0.2) is 5.65 Å². The lowest BCUT2D eigenvalue weighted by Gasteiger charge is -2.07. The molecule has 20 heavy (non-hydrogen) atoms. The van der Waals surface area contributed by atoms with Gasteiger partial charge in [-0.1, -0.05) is 37.3 Å². The smallest absolute Gasteiger partial charge is 0.243 e. The summed E-state index contributed by atoms with van der Waals surface area (Å²) in [5.41, 5.74) is 4.69. The topological polar surface area (TPSA) is 42.2 Å². The zero-order valence-electron chi connectivity index (χ0n) is 11.8. The van der Waals surface area contributed by atoms with E-state index in [-0.39, 0.29) is 0 Å². The van der Waals surface area contributed by atoms with Gasteiger partial charge in [-0.15, -0.1) is 5.10 Å². The normalized spacial score (nSPS) is 10.9. The number of nitrogens with zero attached hydrogens (tertiary/aromatic N) is 3. The molecule has 0 amide bonds. The molecule has 0 spiro atoms. The second-order valence-electron chi connectivity index (χ2n) is 4.92. The Bertz CT molecular complexity index is 730. The first-order valence-corrected chi connectivity index (χ1v) is 6.90. The third-order valence-corrected chi connectivity index (χ3v) is 3.42. The fourth-order valence-electron chi connectivity index (χ4n) is 2.31. The van der Waals surface area contributed by atoms with Crippen LogP contribution in [0.2, 0.25) is 0 Å². The van der Waals surface area contributed by atoms with Crippen LogP contribution in [0, 0.1) is 6.92 Å². The van der Waals surface area contributed by atoms with Gasteiger partial charge in [0.2, 0.25) is 5.95 Å². The average molecular weight is 266 g/mol. The van der Waals surface area contributed by atoms with Gasteiger partial charge in [0.1, 0.15) is 0 Å². The number of rotatable bonds is 4. The number of benzene rings is 1. The van der Waals surface area contributed by atoms with Gasteiger partial charge >= 0.3 is 0 Å². The number of aryl methyl sites for hydroxylation is 2. The third-order valence-electron chi connectivity index (χ3n) is 3.42. The van der Waals surface area contributed by atoms with E-state index in [1.165, 1.54) is 16.7 Å². The molecular weight excluding hydrogens is 248 g/mol. The summed E-state index contributed by atoms with van der Waals surface area (Å²) in [5, 5.41) is 7.74. The van der Waals surface area contributed by atoms with Crippen LogP contribution in [-0.2, 0) is 13.0 Å². The Hall–Kier alpha value is -2.36. The first-order valence-electron chi connectivity index (χ1n) is 6.90. The van der Waals surface area contributed by atoms with Crippen molar-refractivity contribution < 1.29 is 0 Å². The number of pyridine rings is 1. The van der Waals surface area contributed by atoms with E-state index >= 15 is 0 Å². The van der Waals surface area contributed by atoms with Crippen molar-refractivity contribution in [1.82, 2.24) is 14.6 Å². The molecule has 3 rings (SSSR count). The lowest BCUT2D eigenvalue weighted by molar-refractivity contribution is 0.938. The van der Waals surface area contributed by atoms with Crippen LogP contribution in [0.1, 0.15) is 23.6 Å². The molecule has 4 heteroatoms. The Labute approximate surface area is 118 Å². The summed E-state index contributed by atoms with van der Waals surface area (Å²) in [5.74, 6) is 0.668. The van der Waals surface area contributed by atoms with E-state index in [0.717, 1.165) is 18.6 Å². The van der Waals surface area contributed by atoms with Crippen molar-refractivity contribution in [3.05, 3.63) is 59.3 Å². The zero-order valence-corrected chi connectivity index (χ0v) is 11.8. The highest BCUT2D eigenvalue weighted by molar-refractivity contribution is 5.44. The first-order chi connectivity index (χ1) is 9.76. The van der Waals surface area contributed by atoms with E-state index in [9.17, 15) is 0 Å². The molecule has 1 aromatic carbocycles. The highest BCUT2D eigenvalue weighted by Gasteiger charge is 2.04. The molecular formula is C16H18N4. The molecule has 102 valence electrons. The van der Waals surface area contributed by atoms with Gasteiger partial charge < -0.3 is 5.32 Å². The van der Waals surface area contributed by atoms with Gasteiger partial charge in [0, 0.05) is 12.7 Å². The van der Waals surface area contributed by atoms with Crippen molar-refractivity contribution in [2.75, 3.05) is 5.32 Å². The third kappa shape index (κ3) is 2.50. The van der Waals surface area contributed by atoms with Crippen LogP contribution in [-0.4, -0.2) is 14.6 Å². The highest BCUT2D eigenvalue weighted by atomic mass is 15.3. The second kappa shape index (κ2) is 5.33. The standard InChI is InChI=1S/C16H18N4/c1-3-13-6-4-5-7-14(13)10-17-16-18-15-9-8-12(2)11-20(15)19-16/h4-9,11H,3,10H2,1-2H3,(H,17,19). The van der Waals surface area contributed by atoms with Crippen LogP contribution >= 0.6 is 0 Å². The van der Waals surface area contributed by atoms with Gasteiger partial charge in [-0.2, -0.15) is 4.98 Å². The van der Waals surface area contributed by atoms with E-state index in [0.29, 0.717) is 5.95 Å². The summed E-state index contributed by atoms with van der Waals surface area (Å²) in [6, 6.07) is 12.5. The molecule has 0 saturated heterocycles. The number of aromatic nitrogens is 3. The predicted octanol–water partition coefficient (Wildman–Crippen LogP) is 3.21. The minimum Gasteiger partial charge on any atom is -0.349 e. The number of fused-ring (bicyclic) bond motifs is 1. The maximum atomic E-state index is 4.47. The molecule has 2 heterocycles. The number of hydrogen-bond donors (Lipinski definition) is 1. The monoisotopic (exact) mass is 266 g/mol. The summed E-state index contributed by atoms with van der Waals surface area (Å²) in [6.45, 7) is 4.97. The summed E-state index contributed by atoms with van der Waals surface area (Å²) in [7, 11) is 0. The van der Waals surface area contributed by atoms with Crippen LogP contribution in [0.25, 0.3) is 5.65 Å². The van der Waals surface area contributed by atoms with Crippen LogP contribution in [0.4, 0.5) is 5.95 Å². The largest absolute Gasteiger partial charge is 0.349 e. The minimum atomic E-state index is 0.668. The molecule has 0 aliphatic carbocycles. The maximum absolute atomic E-state index is 4.47. The molecule has 2 aromatic heterocycles. The molecule has 0 fully saturated rings. The summed E-state index contributed by atoms with van der Waals surface area (Å²) >= 11 is 0. The van der Waals surface area contributed by atoms with Gasteiger partial charge in [-0.3, -0.25) is 0 Å². The SMILES string of the molecule is CCc1ccccc1CNc1nc2ccc(C)cn2n1. The Kier molecular flexibility index (Phi) is 3.37. The molecule has 1 N–H and O–H groups in total.